The molecule has 0 atom stereocenters. The molecule has 0 bridgehead atoms. The number of allylic oxidation sites excluding steroid dienone is 1. The fraction of sp³-hybridized carbons (Fsp3) is 0.0909. The van der Waals surface area contributed by atoms with Gasteiger partial charge in [-0.25, -0.2) is 0 Å². The number of rotatable bonds is 4. The average molecular weight is 205 g/mol. The lowest BCUT2D eigenvalue weighted by Gasteiger charge is -2.04. The molecule has 15 heavy (non-hydrogen) atoms. The van der Waals surface area contributed by atoms with Gasteiger partial charge in [0.15, 0.2) is 6.29 Å². The summed E-state index contributed by atoms with van der Waals surface area (Å²) in [6, 6.07) is 2.96. The zero-order valence-corrected chi connectivity index (χ0v) is 8.32. The standard InChI is InChI=1S/C11H11NO3/c1-3-8-4-5-10(14)12-11(8)9(6-13)7-15-2/h3-7H,1H2,2H3,(H,12,14)/b9-7+. The van der Waals surface area contributed by atoms with Crippen LogP contribution in [0.3, 0.4) is 0 Å². The maximum atomic E-state index is 11.1. The second kappa shape index (κ2) is 4.95. The first-order valence-electron chi connectivity index (χ1n) is 4.27. The summed E-state index contributed by atoms with van der Waals surface area (Å²) in [5.74, 6) is 0. The van der Waals surface area contributed by atoms with E-state index in [1.54, 1.807) is 12.1 Å². The van der Waals surface area contributed by atoms with Crippen LogP contribution in [-0.2, 0) is 9.53 Å². The van der Waals surface area contributed by atoms with Crippen molar-refractivity contribution in [2.75, 3.05) is 7.11 Å². The summed E-state index contributed by atoms with van der Waals surface area (Å²) >= 11 is 0. The number of ether oxygens (including phenoxy) is 1. The summed E-state index contributed by atoms with van der Waals surface area (Å²) in [7, 11) is 1.43. The fourth-order valence-corrected chi connectivity index (χ4v) is 1.17. The maximum Gasteiger partial charge on any atom is 0.248 e. The molecule has 0 aromatic carbocycles. The van der Waals surface area contributed by atoms with Gasteiger partial charge in [-0.1, -0.05) is 12.7 Å². The Morgan fingerprint density at radius 3 is 2.80 bits per heavy atom. The third-order valence-electron chi connectivity index (χ3n) is 1.83. The van der Waals surface area contributed by atoms with E-state index in [0.29, 0.717) is 17.5 Å². The number of H-pyrrole nitrogens is 1. The molecule has 1 aromatic rings. The number of nitrogens with one attached hydrogen (secondary N) is 1. The Kier molecular flexibility index (Phi) is 3.62. The largest absolute Gasteiger partial charge is 0.504 e. The number of aldehydes is 1. The van der Waals surface area contributed by atoms with Crippen LogP contribution in [0.15, 0.2) is 29.8 Å². The van der Waals surface area contributed by atoms with Gasteiger partial charge in [0.1, 0.15) is 0 Å². The Morgan fingerprint density at radius 2 is 2.27 bits per heavy atom. The van der Waals surface area contributed by atoms with Gasteiger partial charge in [0.05, 0.1) is 24.6 Å². The van der Waals surface area contributed by atoms with E-state index >= 15 is 0 Å². The van der Waals surface area contributed by atoms with E-state index in [1.165, 1.54) is 19.4 Å². The number of methoxy groups -OCH3 is 1. The average Bonchev–Trinajstić information content (AvgIpc) is 2.26. The normalized spacial score (nSPS) is 10.9. The highest BCUT2D eigenvalue weighted by Gasteiger charge is 2.06. The Labute approximate surface area is 86.9 Å². The number of carbonyl (C=O) groups is 1. The van der Waals surface area contributed by atoms with Crippen LogP contribution >= 0.6 is 0 Å². The quantitative estimate of drug-likeness (QED) is 0.456. The molecule has 0 spiro atoms. The molecule has 78 valence electrons. The van der Waals surface area contributed by atoms with Gasteiger partial charge in [-0.05, 0) is 11.6 Å². The molecular formula is C11H11NO3. The Bertz CT molecular complexity index is 457. The Morgan fingerprint density at radius 1 is 1.53 bits per heavy atom. The van der Waals surface area contributed by atoms with Crippen molar-refractivity contribution in [3.05, 3.63) is 46.6 Å². The minimum Gasteiger partial charge on any atom is -0.504 e. The molecule has 4 heteroatoms. The van der Waals surface area contributed by atoms with E-state index in [2.05, 4.69) is 11.6 Å². The molecule has 0 amide bonds. The van der Waals surface area contributed by atoms with Crippen LogP contribution in [0.4, 0.5) is 0 Å². The van der Waals surface area contributed by atoms with Crippen LogP contribution < -0.4 is 5.56 Å². The van der Waals surface area contributed by atoms with Gasteiger partial charge < -0.3 is 9.72 Å². The SMILES string of the molecule is C=Cc1ccc(=O)[nH]c1/C(C=O)=C/OC. The Hall–Kier alpha value is -2.10. The van der Waals surface area contributed by atoms with Crippen molar-refractivity contribution >= 4 is 17.9 Å². The van der Waals surface area contributed by atoms with Gasteiger partial charge in [0.25, 0.3) is 0 Å². The first-order chi connectivity index (χ1) is 7.22. The van der Waals surface area contributed by atoms with Gasteiger partial charge >= 0.3 is 0 Å². The van der Waals surface area contributed by atoms with Gasteiger partial charge in [0.2, 0.25) is 5.56 Å². The summed E-state index contributed by atoms with van der Waals surface area (Å²) in [5.41, 5.74) is 1.07. The zero-order valence-electron chi connectivity index (χ0n) is 8.32. The molecule has 1 N–H and O–H groups in total. The molecule has 1 rings (SSSR count). The van der Waals surface area contributed by atoms with Gasteiger partial charge in [-0.15, -0.1) is 0 Å². The number of hydrogen-bond acceptors (Lipinski definition) is 3. The van der Waals surface area contributed by atoms with Crippen LogP contribution in [0.1, 0.15) is 11.3 Å². The second-order valence-corrected chi connectivity index (χ2v) is 2.78. The van der Waals surface area contributed by atoms with Crippen LogP contribution in [0.25, 0.3) is 11.6 Å². The highest BCUT2D eigenvalue weighted by atomic mass is 16.5. The number of pyridine rings is 1. The van der Waals surface area contributed by atoms with Gasteiger partial charge in [0, 0.05) is 6.07 Å². The van der Waals surface area contributed by atoms with Crippen molar-refractivity contribution in [2.24, 2.45) is 0 Å². The number of carbonyl (C=O) groups excluding carboxylic acids is 1. The lowest BCUT2D eigenvalue weighted by Crippen LogP contribution is -2.08. The molecule has 0 aliphatic rings. The van der Waals surface area contributed by atoms with Crippen molar-refractivity contribution < 1.29 is 9.53 Å². The molecular weight excluding hydrogens is 194 g/mol. The first kappa shape index (κ1) is 11.0. The minimum atomic E-state index is -0.278. The number of hydrogen-bond donors (Lipinski definition) is 1. The molecule has 0 saturated heterocycles. The van der Waals surface area contributed by atoms with Crippen molar-refractivity contribution in [3.63, 3.8) is 0 Å². The zero-order chi connectivity index (χ0) is 11.3. The topological polar surface area (TPSA) is 59.2 Å². The van der Waals surface area contributed by atoms with E-state index in [1.807, 2.05) is 0 Å². The Balaban J connectivity index is 3.38. The predicted molar refractivity (Wildman–Crippen MR) is 58.2 cm³/mol. The van der Waals surface area contributed by atoms with Gasteiger partial charge in [-0.2, -0.15) is 0 Å². The molecule has 1 heterocycles. The van der Waals surface area contributed by atoms with E-state index in [9.17, 15) is 9.59 Å². The number of aromatic amines is 1. The summed E-state index contributed by atoms with van der Waals surface area (Å²) < 4.78 is 4.74. The molecule has 0 saturated carbocycles. The molecule has 0 unspecified atom stereocenters. The third-order valence-corrected chi connectivity index (χ3v) is 1.83. The molecule has 4 nitrogen and oxygen atoms in total. The van der Waals surface area contributed by atoms with E-state index in [0.717, 1.165) is 0 Å². The van der Waals surface area contributed by atoms with Crippen LogP contribution in [-0.4, -0.2) is 18.4 Å². The minimum absolute atomic E-state index is 0.269. The fourth-order valence-electron chi connectivity index (χ4n) is 1.17. The van der Waals surface area contributed by atoms with E-state index in [-0.39, 0.29) is 11.1 Å². The third kappa shape index (κ3) is 2.43. The second-order valence-electron chi connectivity index (χ2n) is 2.78. The highest BCUT2D eigenvalue weighted by Crippen LogP contribution is 2.14. The lowest BCUT2D eigenvalue weighted by atomic mass is 10.1. The molecule has 0 aliphatic carbocycles. The molecule has 0 aliphatic heterocycles. The highest BCUT2D eigenvalue weighted by molar-refractivity contribution is 6.06. The van der Waals surface area contributed by atoms with E-state index in [4.69, 9.17) is 4.74 Å². The molecule has 1 aromatic heterocycles. The van der Waals surface area contributed by atoms with Crippen LogP contribution in [0, 0.1) is 0 Å². The van der Waals surface area contributed by atoms with Crippen molar-refractivity contribution in [1.29, 1.82) is 0 Å². The summed E-state index contributed by atoms with van der Waals surface area (Å²) in [6.07, 6.45) is 3.44. The van der Waals surface area contributed by atoms with Crippen LogP contribution in [0.2, 0.25) is 0 Å². The first-order valence-corrected chi connectivity index (χ1v) is 4.27. The van der Waals surface area contributed by atoms with Crippen molar-refractivity contribution in [2.45, 2.75) is 0 Å². The van der Waals surface area contributed by atoms with Crippen LogP contribution in [0.5, 0.6) is 0 Å². The maximum absolute atomic E-state index is 11.1. The smallest absolute Gasteiger partial charge is 0.248 e. The predicted octanol–water partition coefficient (Wildman–Crippen LogP) is 1.20. The summed E-state index contributed by atoms with van der Waals surface area (Å²) in [5, 5.41) is 0. The van der Waals surface area contributed by atoms with Crippen molar-refractivity contribution in [3.8, 4) is 0 Å². The van der Waals surface area contributed by atoms with Gasteiger partial charge in [-0.3, -0.25) is 9.59 Å². The molecule has 0 radical (unpaired) electrons. The summed E-state index contributed by atoms with van der Waals surface area (Å²) in [4.78, 5) is 24.4. The van der Waals surface area contributed by atoms with E-state index < -0.39 is 0 Å². The monoisotopic (exact) mass is 205 g/mol. The lowest BCUT2D eigenvalue weighted by molar-refractivity contribution is -0.103. The van der Waals surface area contributed by atoms with Crippen molar-refractivity contribution in [1.82, 2.24) is 4.98 Å². The number of aromatic nitrogens is 1. The molecule has 0 fully saturated rings. The summed E-state index contributed by atoms with van der Waals surface area (Å²) in [6.45, 7) is 3.59.